The van der Waals surface area contributed by atoms with E-state index in [9.17, 15) is 4.79 Å². The van der Waals surface area contributed by atoms with Crippen LogP contribution in [0.2, 0.25) is 13.1 Å². The third-order valence-corrected chi connectivity index (χ3v) is 4.83. The predicted octanol–water partition coefficient (Wildman–Crippen LogP) is 4.76. The Morgan fingerprint density at radius 2 is 1.81 bits per heavy atom. The van der Waals surface area contributed by atoms with Crippen LogP contribution in [0.25, 0.3) is 11.1 Å². The molecule has 0 fully saturated rings. The molecule has 0 heterocycles. The number of nitrogens with two attached hydrogens (primary N) is 1. The summed E-state index contributed by atoms with van der Waals surface area (Å²) in [6, 6.07) is 13.4. The first-order valence-electron chi connectivity index (χ1n) is 8.79. The Labute approximate surface area is 157 Å². The number of aliphatic carboxylic acids is 1. The van der Waals surface area contributed by atoms with Gasteiger partial charge in [-0.3, -0.25) is 4.79 Å². The van der Waals surface area contributed by atoms with Gasteiger partial charge >= 0.3 is 5.97 Å². The number of benzene rings is 2. The molecule has 139 valence electrons. The van der Waals surface area contributed by atoms with E-state index in [1.54, 1.807) is 0 Å². The topological polar surface area (TPSA) is 72.5 Å². The van der Waals surface area contributed by atoms with E-state index in [0.29, 0.717) is 0 Å². The lowest BCUT2D eigenvalue weighted by Crippen LogP contribution is -2.18. The van der Waals surface area contributed by atoms with Crippen molar-refractivity contribution in [2.45, 2.75) is 51.7 Å². The standard InChI is InChI=1S/C21H28NO3Si/c1-21(2,3)14-10-11-15(18(22)13-20(23)24)17(12-14)16-8-6-7-9-19(16)25-26(4)5/h6-12,18H,13,22H2,1-5H3,(H,23,24). The third kappa shape index (κ3) is 4.96. The molecule has 2 rings (SSSR count). The molecule has 2 aromatic rings. The van der Waals surface area contributed by atoms with Crippen LogP contribution in [0.1, 0.15) is 44.4 Å². The predicted molar refractivity (Wildman–Crippen MR) is 108 cm³/mol. The Morgan fingerprint density at radius 3 is 2.38 bits per heavy atom. The first-order valence-corrected chi connectivity index (χ1v) is 11.2. The highest BCUT2D eigenvalue weighted by Gasteiger charge is 2.22. The minimum atomic E-state index is -0.931. The van der Waals surface area contributed by atoms with Crippen LogP contribution in [-0.4, -0.2) is 20.1 Å². The maximum Gasteiger partial charge on any atom is 0.305 e. The zero-order valence-electron chi connectivity index (χ0n) is 16.2. The Morgan fingerprint density at radius 1 is 1.15 bits per heavy atom. The monoisotopic (exact) mass is 370 g/mol. The lowest BCUT2D eigenvalue weighted by Gasteiger charge is -2.24. The van der Waals surface area contributed by atoms with Gasteiger partial charge in [0, 0.05) is 11.6 Å². The zero-order chi connectivity index (χ0) is 19.5. The van der Waals surface area contributed by atoms with Crippen LogP contribution in [0.3, 0.4) is 0 Å². The van der Waals surface area contributed by atoms with Gasteiger partial charge in [-0.1, -0.05) is 57.2 Å². The minimum absolute atomic E-state index is 0.0234. The van der Waals surface area contributed by atoms with Crippen molar-refractivity contribution < 1.29 is 14.3 Å². The van der Waals surface area contributed by atoms with E-state index in [1.807, 2.05) is 36.4 Å². The van der Waals surface area contributed by atoms with Crippen LogP contribution in [0.5, 0.6) is 5.75 Å². The van der Waals surface area contributed by atoms with Gasteiger partial charge in [0.1, 0.15) is 5.75 Å². The van der Waals surface area contributed by atoms with Crippen molar-refractivity contribution in [2.24, 2.45) is 5.73 Å². The van der Waals surface area contributed by atoms with Crippen LogP contribution in [0, 0.1) is 0 Å². The third-order valence-electron chi connectivity index (χ3n) is 4.20. The molecule has 0 aliphatic heterocycles. The fraction of sp³-hybridized carbons (Fsp3) is 0.381. The van der Waals surface area contributed by atoms with Crippen molar-refractivity contribution in [3.63, 3.8) is 0 Å². The number of rotatable bonds is 6. The molecule has 0 saturated heterocycles. The van der Waals surface area contributed by atoms with E-state index in [0.717, 1.165) is 22.4 Å². The maximum atomic E-state index is 11.2. The molecule has 2 aromatic carbocycles. The van der Waals surface area contributed by atoms with Crippen molar-refractivity contribution >= 4 is 15.0 Å². The molecular formula is C21H28NO3Si. The average molecular weight is 371 g/mol. The van der Waals surface area contributed by atoms with Gasteiger partial charge in [-0.25, -0.2) is 0 Å². The van der Waals surface area contributed by atoms with Crippen LogP contribution in [-0.2, 0) is 10.2 Å². The number of carboxylic acid groups (broad SMARTS) is 1. The normalized spacial score (nSPS) is 12.9. The first-order chi connectivity index (χ1) is 12.1. The number of carboxylic acids is 1. The highest BCUT2D eigenvalue weighted by molar-refractivity contribution is 6.49. The summed E-state index contributed by atoms with van der Waals surface area (Å²) < 4.78 is 6.09. The molecule has 0 bridgehead atoms. The largest absolute Gasteiger partial charge is 0.542 e. The smallest absolute Gasteiger partial charge is 0.305 e. The summed E-state index contributed by atoms with van der Waals surface area (Å²) in [5.41, 5.74) is 10.1. The van der Waals surface area contributed by atoms with Crippen LogP contribution < -0.4 is 10.2 Å². The highest BCUT2D eigenvalue weighted by atomic mass is 28.3. The van der Waals surface area contributed by atoms with Crippen LogP contribution in [0.15, 0.2) is 42.5 Å². The molecule has 26 heavy (non-hydrogen) atoms. The summed E-state index contributed by atoms with van der Waals surface area (Å²) in [5, 5.41) is 9.16. The maximum absolute atomic E-state index is 11.2. The van der Waals surface area contributed by atoms with Crippen molar-refractivity contribution in [1.29, 1.82) is 0 Å². The van der Waals surface area contributed by atoms with Gasteiger partial charge in [0.05, 0.1) is 6.42 Å². The van der Waals surface area contributed by atoms with Gasteiger partial charge in [-0.2, -0.15) is 0 Å². The summed E-state index contributed by atoms with van der Waals surface area (Å²) in [6.45, 7) is 10.6. The van der Waals surface area contributed by atoms with Crippen LogP contribution >= 0.6 is 0 Å². The number of hydrogen-bond acceptors (Lipinski definition) is 3. The number of carbonyl (C=O) groups is 1. The zero-order valence-corrected chi connectivity index (χ0v) is 17.2. The second-order valence-corrected chi connectivity index (χ2v) is 9.78. The summed E-state index contributed by atoms with van der Waals surface area (Å²) >= 11 is 0. The Balaban J connectivity index is 2.66. The molecule has 0 amide bonds. The molecule has 0 spiro atoms. The molecule has 0 saturated carbocycles. The van der Waals surface area contributed by atoms with E-state index in [2.05, 4.69) is 39.9 Å². The van der Waals surface area contributed by atoms with E-state index >= 15 is 0 Å². The SMILES string of the molecule is C[Si](C)Oc1ccccc1-c1cc(C(C)(C)C)ccc1C(N)CC(=O)O. The fourth-order valence-corrected chi connectivity index (χ4v) is 3.49. The van der Waals surface area contributed by atoms with E-state index < -0.39 is 21.1 Å². The summed E-state index contributed by atoms with van der Waals surface area (Å²) in [6.07, 6.45) is -0.110. The average Bonchev–Trinajstić information content (AvgIpc) is 2.52. The summed E-state index contributed by atoms with van der Waals surface area (Å²) in [4.78, 5) is 11.2. The highest BCUT2D eigenvalue weighted by Crippen LogP contribution is 2.38. The molecule has 1 unspecified atom stereocenters. The fourth-order valence-electron chi connectivity index (χ4n) is 2.88. The van der Waals surface area contributed by atoms with E-state index in [4.69, 9.17) is 15.3 Å². The summed E-state index contributed by atoms with van der Waals surface area (Å²) in [7, 11) is -0.931. The Hall–Kier alpha value is -2.11. The van der Waals surface area contributed by atoms with Crippen molar-refractivity contribution in [3.05, 3.63) is 53.6 Å². The number of para-hydroxylation sites is 1. The van der Waals surface area contributed by atoms with Crippen molar-refractivity contribution in [3.8, 4) is 16.9 Å². The first kappa shape index (κ1) is 20.2. The Kier molecular flexibility index (Phi) is 6.26. The molecule has 3 N–H and O–H groups in total. The van der Waals surface area contributed by atoms with Gasteiger partial charge in [-0.15, -0.1) is 0 Å². The van der Waals surface area contributed by atoms with E-state index in [-0.39, 0.29) is 11.8 Å². The lowest BCUT2D eigenvalue weighted by atomic mass is 9.82. The van der Waals surface area contributed by atoms with Gasteiger partial charge < -0.3 is 15.3 Å². The second kappa shape index (κ2) is 8.06. The molecule has 1 atom stereocenters. The van der Waals surface area contributed by atoms with Gasteiger partial charge in [0.15, 0.2) is 0 Å². The molecule has 5 heteroatoms. The molecule has 4 nitrogen and oxygen atoms in total. The summed E-state index contributed by atoms with van der Waals surface area (Å²) in [5.74, 6) is -0.0817. The molecule has 0 aliphatic carbocycles. The van der Waals surface area contributed by atoms with E-state index in [1.165, 1.54) is 5.56 Å². The van der Waals surface area contributed by atoms with Crippen molar-refractivity contribution in [2.75, 3.05) is 0 Å². The quantitative estimate of drug-likeness (QED) is 0.719. The molecule has 1 radical (unpaired) electrons. The van der Waals surface area contributed by atoms with Gasteiger partial charge in [-0.05, 0) is 41.3 Å². The van der Waals surface area contributed by atoms with Crippen LogP contribution in [0.4, 0.5) is 0 Å². The van der Waals surface area contributed by atoms with Gasteiger partial charge in [0.25, 0.3) is 9.04 Å². The Bertz CT molecular complexity index is 781. The molecule has 0 aliphatic rings. The lowest BCUT2D eigenvalue weighted by molar-refractivity contribution is -0.137. The van der Waals surface area contributed by atoms with Gasteiger partial charge in [0.2, 0.25) is 0 Å². The number of hydrogen-bond donors (Lipinski definition) is 2. The molecule has 0 aromatic heterocycles. The van der Waals surface area contributed by atoms with Crippen molar-refractivity contribution in [1.82, 2.24) is 0 Å². The second-order valence-electron chi connectivity index (χ2n) is 7.76. The molecular weight excluding hydrogens is 342 g/mol. The minimum Gasteiger partial charge on any atom is -0.542 e.